The van der Waals surface area contributed by atoms with Gasteiger partial charge in [-0.05, 0) is 6.07 Å². The highest BCUT2D eigenvalue weighted by Crippen LogP contribution is 2.22. The fraction of sp³-hybridized carbons (Fsp3) is 0.385. The number of benzene rings is 1. The number of nitrogens with one attached hydrogen (secondary N) is 2. The summed E-state index contributed by atoms with van der Waals surface area (Å²) in [6.45, 7) is 3.95. The van der Waals surface area contributed by atoms with Crippen LogP contribution in [0.15, 0.2) is 29.4 Å². The molecular weight excluding hydrogens is 228 g/mol. The fourth-order valence-electron chi connectivity index (χ4n) is 2.32. The van der Waals surface area contributed by atoms with Gasteiger partial charge in [0.1, 0.15) is 0 Å². The predicted octanol–water partition coefficient (Wildman–Crippen LogP) is -0.827. The van der Waals surface area contributed by atoms with E-state index in [1.165, 1.54) is 4.90 Å². The highest BCUT2D eigenvalue weighted by Gasteiger charge is 2.27. The summed E-state index contributed by atoms with van der Waals surface area (Å²) in [5, 5.41) is 9.36. The first kappa shape index (κ1) is 11.2. The third kappa shape index (κ3) is 1.97. The number of piperazine rings is 1. The lowest BCUT2D eigenvalue weighted by atomic mass is 10.1. The molecule has 2 aliphatic rings. The van der Waals surface area contributed by atoms with Crippen molar-refractivity contribution in [3.05, 3.63) is 29.8 Å². The molecule has 0 bridgehead atoms. The van der Waals surface area contributed by atoms with Crippen LogP contribution in [-0.4, -0.2) is 49.9 Å². The Morgan fingerprint density at radius 1 is 1.28 bits per heavy atom. The van der Waals surface area contributed by atoms with Gasteiger partial charge >= 0.3 is 0 Å². The van der Waals surface area contributed by atoms with Crippen molar-refractivity contribution in [3.8, 4) is 0 Å². The summed E-state index contributed by atoms with van der Waals surface area (Å²) in [6.07, 6.45) is 0. The second-order valence-corrected chi connectivity index (χ2v) is 4.86. The second-order valence-electron chi connectivity index (χ2n) is 4.86. The Hall–Kier alpha value is -1.88. The predicted molar refractivity (Wildman–Crippen MR) is 69.8 cm³/mol. The summed E-state index contributed by atoms with van der Waals surface area (Å²) in [4.78, 5) is 13.4. The zero-order chi connectivity index (χ0) is 12.5. The molecule has 0 radical (unpaired) electrons. The van der Waals surface area contributed by atoms with Crippen molar-refractivity contribution in [1.29, 1.82) is 0 Å². The van der Waals surface area contributed by atoms with Gasteiger partial charge in [0.2, 0.25) is 0 Å². The van der Waals surface area contributed by atoms with Crippen LogP contribution in [0, 0.1) is 0 Å². The van der Waals surface area contributed by atoms with E-state index in [1.807, 2.05) is 29.3 Å². The van der Waals surface area contributed by atoms with E-state index in [9.17, 15) is 4.79 Å². The molecule has 2 N–H and O–H groups in total. The molecule has 0 aliphatic carbocycles. The Morgan fingerprint density at radius 3 is 2.78 bits per heavy atom. The fourth-order valence-corrected chi connectivity index (χ4v) is 2.32. The minimum absolute atomic E-state index is 0.0949. The smallest absolute Gasteiger partial charge is 0.276 e. The maximum atomic E-state index is 11.9. The van der Waals surface area contributed by atoms with E-state index in [1.54, 1.807) is 0 Å². The number of para-hydroxylation sites is 1. The number of hydrogen-bond donors (Lipinski definition) is 2. The van der Waals surface area contributed by atoms with Crippen LogP contribution in [-0.2, 0) is 4.79 Å². The summed E-state index contributed by atoms with van der Waals surface area (Å²) in [5.74, 6) is -0.0949. The number of quaternary nitrogens is 1. The number of likely N-dealkylation sites (N-methyl/N-ethyl adjacent to an activating group) is 1. The van der Waals surface area contributed by atoms with Gasteiger partial charge in [-0.15, -0.1) is 0 Å². The maximum Gasteiger partial charge on any atom is 0.276 e. The quantitative estimate of drug-likeness (QED) is 0.679. The summed E-state index contributed by atoms with van der Waals surface area (Å²) >= 11 is 0. The van der Waals surface area contributed by atoms with Gasteiger partial charge in [0, 0.05) is 5.56 Å². The van der Waals surface area contributed by atoms with Crippen LogP contribution in [0.3, 0.4) is 0 Å². The number of amides is 1. The Kier molecular flexibility index (Phi) is 2.76. The monoisotopic (exact) mass is 245 g/mol. The number of hydrogen-bond acceptors (Lipinski definition) is 3. The SMILES string of the molecule is C[NH+]1CCN(/N=C2\C(=O)Nc3ccccc32)CC1. The molecule has 0 saturated carbocycles. The summed E-state index contributed by atoms with van der Waals surface area (Å²) in [6, 6.07) is 7.70. The van der Waals surface area contributed by atoms with E-state index in [4.69, 9.17) is 0 Å². The minimum Gasteiger partial charge on any atom is -0.334 e. The van der Waals surface area contributed by atoms with Crippen molar-refractivity contribution in [2.75, 3.05) is 38.5 Å². The molecule has 3 rings (SSSR count). The van der Waals surface area contributed by atoms with E-state index in [2.05, 4.69) is 17.5 Å². The molecule has 2 heterocycles. The number of fused-ring (bicyclic) bond motifs is 1. The lowest BCUT2D eigenvalue weighted by Crippen LogP contribution is -3.11. The molecule has 1 amide bonds. The third-order valence-electron chi connectivity index (χ3n) is 3.48. The van der Waals surface area contributed by atoms with Crippen LogP contribution in [0.2, 0.25) is 0 Å². The lowest BCUT2D eigenvalue weighted by Gasteiger charge is -2.28. The van der Waals surface area contributed by atoms with E-state index >= 15 is 0 Å². The molecule has 94 valence electrons. The van der Waals surface area contributed by atoms with Crippen LogP contribution < -0.4 is 10.2 Å². The molecule has 5 heteroatoms. The number of nitrogens with zero attached hydrogens (tertiary/aromatic N) is 2. The van der Waals surface area contributed by atoms with Gasteiger partial charge in [-0.1, -0.05) is 18.2 Å². The standard InChI is InChI=1S/C13H16N4O/c1-16-6-8-17(9-7-16)15-12-10-4-2-3-5-11(10)14-13(12)18/h2-5H,6-9H2,1H3,(H,14,15,18)/p+1. The first-order chi connectivity index (χ1) is 8.74. The Bertz CT molecular complexity index is 503. The average molecular weight is 245 g/mol. The average Bonchev–Trinajstić information content (AvgIpc) is 2.69. The molecule has 0 spiro atoms. The first-order valence-electron chi connectivity index (χ1n) is 6.29. The molecule has 1 fully saturated rings. The Morgan fingerprint density at radius 2 is 2.00 bits per heavy atom. The van der Waals surface area contributed by atoms with Crippen LogP contribution in [0.25, 0.3) is 0 Å². The zero-order valence-corrected chi connectivity index (χ0v) is 10.4. The van der Waals surface area contributed by atoms with Crippen LogP contribution >= 0.6 is 0 Å². The minimum atomic E-state index is -0.0949. The number of anilines is 1. The van der Waals surface area contributed by atoms with Gasteiger partial charge in [0.15, 0.2) is 5.71 Å². The number of rotatable bonds is 1. The number of carbonyl (C=O) groups excluding carboxylic acids is 1. The zero-order valence-electron chi connectivity index (χ0n) is 10.4. The van der Waals surface area contributed by atoms with Crippen molar-refractivity contribution < 1.29 is 9.69 Å². The summed E-state index contributed by atoms with van der Waals surface area (Å²) < 4.78 is 0. The van der Waals surface area contributed by atoms with Crippen molar-refractivity contribution in [3.63, 3.8) is 0 Å². The van der Waals surface area contributed by atoms with Gasteiger partial charge in [0.25, 0.3) is 5.91 Å². The molecular formula is C13H17N4O+. The van der Waals surface area contributed by atoms with Crippen LogP contribution in [0.4, 0.5) is 5.69 Å². The Balaban J connectivity index is 1.86. The van der Waals surface area contributed by atoms with Crippen molar-refractivity contribution in [2.24, 2.45) is 5.10 Å². The largest absolute Gasteiger partial charge is 0.334 e. The van der Waals surface area contributed by atoms with E-state index in [-0.39, 0.29) is 5.91 Å². The van der Waals surface area contributed by atoms with Crippen molar-refractivity contribution >= 4 is 17.3 Å². The highest BCUT2D eigenvalue weighted by molar-refractivity contribution is 6.53. The maximum absolute atomic E-state index is 11.9. The normalized spacial score (nSPS) is 22.2. The van der Waals surface area contributed by atoms with E-state index in [0.717, 1.165) is 37.4 Å². The van der Waals surface area contributed by atoms with Gasteiger partial charge < -0.3 is 10.2 Å². The number of hydrazone groups is 1. The third-order valence-corrected chi connectivity index (χ3v) is 3.48. The van der Waals surface area contributed by atoms with Gasteiger partial charge in [0.05, 0.1) is 38.9 Å². The van der Waals surface area contributed by atoms with Crippen molar-refractivity contribution in [1.82, 2.24) is 5.01 Å². The Labute approximate surface area is 106 Å². The van der Waals surface area contributed by atoms with E-state index in [0.29, 0.717) is 5.71 Å². The van der Waals surface area contributed by atoms with Gasteiger partial charge in [-0.3, -0.25) is 9.80 Å². The summed E-state index contributed by atoms with van der Waals surface area (Å²) in [5.41, 5.74) is 2.32. The van der Waals surface area contributed by atoms with Gasteiger partial charge in [-0.25, -0.2) is 0 Å². The van der Waals surface area contributed by atoms with Crippen molar-refractivity contribution in [2.45, 2.75) is 0 Å². The molecule has 1 aromatic carbocycles. The molecule has 1 saturated heterocycles. The van der Waals surface area contributed by atoms with Gasteiger partial charge in [-0.2, -0.15) is 5.10 Å². The molecule has 2 aliphatic heterocycles. The highest BCUT2D eigenvalue weighted by atomic mass is 16.2. The van der Waals surface area contributed by atoms with Crippen LogP contribution in [0.1, 0.15) is 5.56 Å². The lowest BCUT2D eigenvalue weighted by molar-refractivity contribution is -0.884. The molecule has 0 aromatic heterocycles. The molecule has 0 atom stereocenters. The first-order valence-corrected chi connectivity index (χ1v) is 6.29. The van der Waals surface area contributed by atoms with Crippen LogP contribution in [0.5, 0.6) is 0 Å². The topological polar surface area (TPSA) is 49.1 Å². The molecule has 1 aromatic rings. The number of carbonyl (C=O) groups is 1. The van der Waals surface area contributed by atoms with E-state index < -0.39 is 0 Å². The molecule has 5 nitrogen and oxygen atoms in total. The molecule has 18 heavy (non-hydrogen) atoms. The molecule has 0 unspecified atom stereocenters. The second kappa shape index (κ2) is 4.42. The summed E-state index contributed by atoms with van der Waals surface area (Å²) in [7, 11) is 2.18.